The Morgan fingerprint density at radius 2 is 1.89 bits per heavy atom. The van der Waals surface area contributed by atoms with E-state index in [1.54, 1.807) is 0 Å². The molecule has 0 unspecified atom stereocenters. The fourth-order valence-electron chi connectivity index (χ4n) is 3.68. The molecule has 4 N–H and O–H groups in total. The summed E-state index contributed by atoms with van der Waals surface area (Å²) in [5, 5.41) is 33.0. The number of rotatable bonds is 3. The molecule has 3 rings (SSSR count). The van der Waals surface area contributed by atoms with E-state index in [1.807, 2.05) is 30.3 Å². The van der Waals surface area contributed by atoms with Crippen LogP contribution in [0.4, 0.5) is 5.69 Å². The van der Waals surface area contributed by atoms with E-state index in [4.69, 9.17) is 0 Å². The fraction of sp³-hybridized carbons (Fsp3) is 0.571. The molecule has 18 heavy (non-hydrogen) atoms. The summed E-state index contributed by atoms with van der Waals surface area (Å²) in [6, 6.07) is 9.72. The molecular formula is C14H19NO3. The van der Waals surface area contributed by atoms with Crippen molar-refractivity contribution in [2.24, 2.45) is 11.8 Å². The van der Waals surface area contributed by atoms with Crippen molar-refractivity contribution >= 4 is 5.69 Å². The molecular weight excluding hydrogens is 230 g/mol. The molecule has 0 heterocycles. The zero-order valence-electron chi connectivity index (χ0n) is 10.2. The van der Waals surface area contributed by atoms with E-state index in [9.17, 15) is 15.3 Å². The van der Waals surface area contributed by atoms with Gasteiger partial charge in [-0.05, 0) is 36.8 Å². The van der Waals surface area contributed by atoms with Gasteiger partial charge in [-0.25, -0.2) is 0 Å². The molecule has 0 radical (unpaired) electrons. The number of anilines is 1. The van der Waals surface area contributed by atoms with Gasteiger partial charge in [0.05, 0.1) is 11.6 Å². The summed E-state index contributed by atoms with van der Waals surface area (Å²) in [7, 11) is 0. The Bertz CT molecular complexity index is 418. The van der Waals surface area contributed by atoms with Crippen LogP contribution >= 0.6 is 0 Å². The minimum atomic E-state index is -0.759. The maximum Gasteiger partial charge on any atom is 0.103 e. The average Bonchev–Trinajstić information content (AvgIpc) is 2.87. The minimum absolute atomic E-state index is 0.00112. The van der Waals surface area contributed by atoms with Crippen LogP contribution in [0.25, 0.3) is 0 Å². The highest BCUT2D eigenvalue weighted by molar-refractivity contribution is 5.47. The lowest BCUT2D eigenvalue weighted by Gasteiger charge is -2.38. The van der Waals surface area contributed by atoms with Crippen LogP contribution in [0.5, 0.6) is 0 Å². The number of aliphatic hydroxyl groups is 3. The van der Waals surface area contributed by atoms with Gasteiger partial charge in [0.15, 0.2) is 0 Å². The van der Waals surface area contributed by atoms with E-state index in [-0.39, 0.29) is 18.4 Å². The molecule has 2 aliphatic carbocycles. The van der Waals surface area contributed by atoms with Crippen molar-refractivity contribution in [2.75, 3.05) is 11.9 Å². The molecule has 1 aromatic rings. The molecule has 2 bridgehead atoms. The maximum absolute atomic E-state index is 10.2. The molecule has 4 heteroatoms. The van der Waals surface area contributed by atoms with Gasteiger partial charge in [0.25, 0.3) is 0 Å². The first-order valence-electron chi connectivity index (χ1n) is 6.46. The van der Waals surface area contributed by atoms with Crippen LogP contribution in [0.2, 0.25) is 0 Å². The van der Waals surface area contributed by atoms with Gasteiger partial charge in [0.2, 0.25) is 0 Å². The van der Waals surface area contributed by atoms with E-state index < -0.39 is 17.7 Å². The molecule has 4 nitrogen and oxygen atoms in total. The Hall–Kier alpha value is -1.10. The molecule has 2 saturated carbocycles. The summed E-state index contributed by atoms with van der Waals surface area (Å²) >= 11 is 0. The zero-order chi connectivity index (χ0) is 12.8. The van der Waals surface area contributed by atoms with Gasteiger partial charge in [-0.2, -0.15) is 0 Å². The third-order valence-corrected chi connectivity index (χ3v) is 4.56. The molecule has 2 fully saturated rings. The Balaban J connectivity index is 1.86. The second-order valence-electron chi connectivity index (χ2n) is 5.60. The van der Waals surface area contributed by atoms with Gasteiger partial charge in [-0.3, -0.25) is 0 Å². The van der Waals surface area contributed by atoms with E-state index in [0.717, 1.165) is 12.1 Å². The first-order valence-corrected chi connectivity index (χ1v) is 6.46. The first kappa shape index (κ1) is 12.0. The Labute approximate surface area is 106 Å². The van der Waals surface area contributed by atoms with Crippen molar-refractivity contribution in [2.45, 2.75) is 30.6 Å². The van der Waals surface area contributed by atoms with E-state index in [0.29, 0.717) is 6.42 Å². The standard InChI is InChI=1S/C14H19NO3/c16-8-9-6-14(7-11(9)12(17)13(14)18)15-10-4-2-1-3-5-10/h1-5,9,11-13,15-18H,6-8H2/t9-,11+,12+,13+,14-/m1/s1. The van der Waals surface area contributed by atoms with Crippen molar-refractivity contribution in [3.8, 4) is 0 Å². The van der Waals surface area contributed by atoms with E-state index >= 15 is 0 Å². The highest BCUT2D eigenvalue weighted by Gasteiger charge is 2.61. The van der Waals surface area contributed by atoms with Crippen LogP contribution in [0.1, 0.15) is 12.8 Å². The summed E-state index contributed by atoms with van der Waals surface area (Å²) in [5.74, 6) is 0.0841. The van der Waals surface area contributed by atoms with Crippen LogP contribution in [0, 0.1) is 11.8 Å². The lowest BCUT2D eigenvalue weighted by atomic mass is 9.82. The fourth-order valence-corrected chi connectivity index (χ4v) is 3.68. The molecule has 0 aliphatic heterocycles. The Kier molecular flexibility index (Phi) is 2.81. The van der Waals surface area contributed by atoms with Gasteiger partial charge in [-0.1, -0.05) is 18.2 Å². The topological polar surface area (TPSA) is 72.7 Å². The van der Waals surface area contributed by atoms with Gasteiger partial charge in [0, 0.05) is 12.3 Å². The average molecular weight is 249 g/mol. The van der Waals surface area contributed by atoms with Crippen molar-refractivity contribution < 1.29 is 15.3 Å². The Morgan fingerprint density at radius 1 is 1.17 bits per heavy atom. The molecule has 98 valence electrons. The third-order valence-electron chi connectivity index (χ3n) is 4.56. The summed E-state index contributed by atoms with van der Waals surface area (Å²) < 4.78 is 0. The zero-order valence-corrected chi connectivity index (χ0v) is 10.2. The summed E-state index contributed by atoms with van der Waals surface area (Å²) in [5.41, 5.74) is 0.460. The van der Waals surface area contributed by atoms with Gasteiger partial charge < -0.3 is 20.6 Å². The van der Waals surface area contributed by atoms with Crippen molar-refractivity contribution in [1.29, 1.82) is 0 Å². The van der Waals surface area contributed by atoms with E-state index in [1.165, 1.54) is 0 Å². The predicted octanol–water partition coefficient (Wildman–Crippen LogP) is 0.591. The molecule has 0 saturated heterocycles. The van der Waals surface area contributed by atoms with Crippen LogP contribution in [-0.2, 0) is 0 Å². The lowest BCUT2D eigenvalue weighted by Crippen LogP contribution is -2.52. The molecule has 1 aromatic carbocycles. The predicted molar refractivity (Wildman–Crippen MR) is 68.1 cm³/mol. The van der Waals surface area contributed by atoms with Gasteiger partial charge in [0.1, 0.15) is 6.10 Å². The SMILES string of the molecule is OC[C@H]1C[C@@]2(Nc3ccccc3)C[C@@H]1[C@H](O)[C@@H]2O. The van der Waals surface area contributed by atoms with Crippen LogP contribution in [0.3, 0.4) is 0 Å². The number of fused-ring (bicyclic) bond motifs is 2. The van der Waals surface area contributed by atoms with Crippen LogP contribution in [0.15, 0.2) is 30.3 Å². The third kappa shape index (κ3) is 1.64. The Morgan fingerprint density at radius 3 is 2.56 bits per heavy atom. The number of hydrogen-bond acceptors (Lipinski definition) is 4. The summed E-state index contributed by atoms with van der Waals surface area (Å²) in [6.07, 6.45) is -0.0610. The van der Waals surface area contributed by atoms with E-state index in [2.05, 4.69) is 5.32 Å². The number of aliphatic hydroxyl groups excluding tert-OH is 3. The number of hydrogen-bond donors (Lipinski definition) is 4. The molecule has 0 aromatic heterocycles. The van der Waals surface area contributed by atoms with Crippen LogP contribution < -0.4 is 5.32 Å². The van der Waals surface area contributed by atoms with Crippen LogP contribution in [-0.4, -0.2) is 39.7 Å². The van der Waals surface area contributed by atoms with Gasteiger partial charge in [-0.15, -0.1) is 0 Å². The smallest absolute Gasteiger partial charge is 0.103 e. The lowest BCUT2D eigenvalue weighted by molar-refractivity contribution is -0.0452. The van der Waals surface area contributed by atoms with Crippen molar-refractivity contribution in [3.63, 3.8) is 0 Å². The quantitative estimate of drug-likeness (QED) is 0.633. The number of para-hydroxylation sites is 1. The van der Waals surface area contributed by atoms with Crippen molar-refractivity contribution in [1.82, 2.24) is 0 Å². The highest BCUT2D eigenvalue weighted by atomic mass is 16.3. The molecule has 0 spiro atoms. The summed E-state index contributed by atoms with van der Waals surface area (Å²) in [6.45, 7) is 0.0761. The second-order valence-corrected chi connectivity index (χ2v) is 5.60. The van der Waals surface area contributed by atoms with Crippen molar-refractivity contribution in [3.05, 3.63) is 30.3 Å². The normalized spacial score (nSPS) is 42.2. The number of nitrogens with one attached hydrogen (secondary N) is 1. The monoisotopic (exact) mass is 249 g/mol. The maximum atomic E-state index is 10.2. The second kappa shape index (κ2) is 4.23. The summed E-state index contributed by atoms with van der Waals surface area (Å²) in [4.78, 5) is 0. The molecule has 0 amide bonds. The number of benzene rings is 1. The molecule has 2 aliphatic rings. The van der Waals surface area contributed by atoms with Gasteiger partial charge >= 0.3 is 0 Å². The molecule has 5 atom stereocenters. The highest BCUT2D eigenvalue weighted by Crippen LogP contribution is 2.52. The largest absolute Gasteiger partial charge is 0.396 e. The minimum Gasteiger partial charge on any atom is -0.396 e. The first-order chi connectivity index (χ1) is 8.66.